The number of halogens is 1. The highest BCUT2D eigenvalue weighted by Crippen LogP contribution is 2.26. The summed E-state index contributed by atoms with van der Waals surface area (Å²) in [6.07, 6.45) is 3.93. The molecular formula is C16H26ClN5O3. The van der Waals surface area contributed by atoms with Gasteiger partial charge >= 0.3 is 0 Å². The summed E-state index contributed by atoms with van der Waals surface area (Å²) < 4.78 is 6.98. The number of nitrogens with one attached hydrogen (secondary N) is 1. The van der Waals surface area contributed by atoms with Crippen LogP contribution >= 0.6 is 12.4 Å². The first-order chi connectivity index (χ1) is 11.6. The van der Waals surface area contributed by atoms with Gasteiger partial charge in [-0.25, -0.2) is 4.98 Å². The van der Waals surface area contributed by atoms with Crippen LogP contribution in [0.15, 0.2) is 12.4 Å². The number of hydrogen-bond acceptors (Lipinski definition) is 5. The number of amides is 2. The van der Waals surface area contributed by atoms with Crippen molar-refractivity contribution in [2.75, 3.05) is 46.4 Å². The molecule has 2 amide bonds. The zero-order chi connectivity index (χ0) is 17.1. The van der Waals surface area contributed by atoms with Crippen LogP contribution in [0.1, 0.15) is 18.3 Å². The molecule has 0 aromatic carbocycles. The second-order valence-corrected chi connectivity index (χ2v) is 6.38. The average molecular weight is 372 g/mol. The summed E-state index contributed by atoms with van der Waals surface area (Å²) in [7, 11) is 3.55. The molecule has 0 aliphatic carbocycles. The van der Waals surface area contributed by atoms with Crippen LogP contribution in [-0.4, -0.2) is 77.6 Å². The van der Waals surface area contributed by atoms with Crippen LogP contribution in [0, 0.1) is 5.92 Å². The second kappa shape index (κ2) is 8.64. The molecule has 0 spiro atoms. The standard InChI is InChI=1S/C16H25N5O3.ClH/c1-19-5-4-18-15(19)13-10-17-3-6-21(13)16(23)12-9-14(22)20(11-12)7-8-24-2;/h4-5,12-13,17H,3,6-11H2,1-2H3;1H. The molecule has 2 aliphatic rings. The summed E-state index contributed by atoms with van der Waals surface area (Å²) in [6.45, 7) is 3.61. The minimum Gasteiger partial charge on any atom is -0.383 e. The van der Waals surface area contributed by atoms with Gasteiger partial charge in [0.1, 0.15) is 11.9 Å². The molecule has 0 bridgehead atoms. The number of rotatable bonds is 5. The van der Waals surface area contributed by atoms with Crippen LogP contribution in [0.3, 0.4) is 0 Å². The molecule has 2 atom stereocenters. The Morgan fingerprint density at radius 2 is 2.28 bits per heavy atom. The van der Waals surface area contributed by atoms with E-state index in [1.54, 1.807) is 18.2 Å². The van der Waals surface area contributed by atoms with Gasteiger partial charge in [-0.3, -0.25) is 9.59 Å². The van der Waals surface area contributed by atoms with Crippen LogP contribution < -0.4 is 5.32 Å². The average Bonchev–Trinajstić information content (AvgIpc) is 3.18. The molecule has 1 N–H and O–H groups in total. The third-order valence-corrected chi connectivity index (χ3v) is 4.81. The topological polar surface area (TPSA) is 79.7 Å². The number of imidazole rings is 1. The third-order valence-electron chi connectivity index (χ3n) is 4.81. The minimum absolute atomic E-state index is 0. The van der Waals surface area contributed by atoms with E-state index in [1.807, 2.05) is 22.7 Å². The molecule has 0 saturated carbocycles. The molecule has 8 nitrogen and oxygen atoms in total. The fourth-order valence-corrected chi connectivity index (χ4v) is 3.49. The lowest BCUT2D eigenvalue weighted by molar-refractivity contribution is -0.139. The van der Waals surface area contributed by atoms with Crippen molar-refractivity contribution in [2.45, 2.75) is 12.5 Å². The van der Waals surface area contributed by atoms with Gasteiger partial charge in [-0.15, -0.1) is 12.4 Å². The summed E-state index contributed by atoms with van der Waals surface area (Å²) in [5, 5.41) is 3.33. The maximum atomic E-state index is 13.0. The molecule has 1 aromatic heterocycles. The number of methoxy groups -OCH3 is 1. The molecular weight excluding hydrogens is 346 g/mol. The van der Waals surface area contributed by atoms with Gasteiger partial charge in [-0.2, -0.15) is 0 Å². The van der Waals surface area contributed by atoms with E-state index >= 15 is 0 Å². The lowest BCUT2D eigenvalue weighted by atomic mass is 10.0. The minimum atomic E-state index is -0.268. The number of ether oxygens (including phenoxy) is 1. The van der Waals surface area contributed by atoms with Gasteiger partial charge in [0.15, 0.2) is 0 Å². The second-order valence-electron chi connectivity index (χ2n) is 6.38. The molecule has 2 saturated heterocycles. The SMILES string of the molecule is COCCN1CC(C(=O)N2CCNCC2c2nccn2C)CC1=O.Cl. The van der Waals surface area contributed by atoms with Crippen molar-refractivity contribution < 1.29 is 14.3 Å². The van der Waals surface area contributed by atoms with Crippen LogP contribution in [0.4, 0.5) is 0 Å². The fourth-order valence-electron chi connectivity index (χ4n) is 3.49. The molecule has 2 aliphatic heterocycles. The van der Waals surface area contributed by atoms with E-state index in [9.17, 15) is 9.59 Å². The molecule has 3 rings (SSSR count). The van der Waals surface area contributed by atoms with Gasteiger partial charge in [-0.1, -0.05) is 0 Å². The van der Waals surface area contributed by atoms with E-state index in [1.165, 1.54) is 0 Å². The molecule has 3 heterocycles. The zero-order valence-corrected chi connectivity index (χ0v) is 15.5. The summed E-state index contributed by atoms with van der Waals surface area (Å²) >= 11 is 0. The van der Waals surface area contributed by atoms with Crippen molar-refractivity contribution in [1.29, 1.82) is 0 Å². The Morgan fingerprint density at radius 3 is 2.96 bits per heavy atom. The quantitative estimate of drug-likeness (QED) is 0.776. The van der Waals surface area contributed by atoms with E-state index < -0.39 is 0 Å². The van der Waals surface area contributed by atoms with Crippen molar-refractivity contribution in [3.8, 4) is 0 Å². The monoisotopic (exact) mass is 371 g/mol. The van der Waals surface area contributed by atoms with Crippen LogP contribution in [0.5, 0.6) is 0 Å². The van der Waals surface area contributed by atoms with Gasteiger partial charge in [0.05, 0.1) is 12.5 Å². The first-order valence-electron chi connectivity index (χ1n) is 8.37. The lowest BCUT2D eigenvalue weighted by Crippen LogP contribution is -2.51. The van der Waals surface area contributed by atoms with Crippen molar-refractivity contribution in [3.63, 3.8) is 0 Å². The summed E-state index contributed by atoms with van der Waals surface area (Å²) in [5.74, 6) is 0.693. The van der Waals surface area contributed by atoms with E-state index in [2.05, 4.69) is 10.3 Å². The Labute approximate surface area is 153 Å². The zero-order valence-electron chi connectivity index (χ0n) is 14.7. The van der Waals surface area contributed by atoms with Crippen LogP contribution in [0.2, 0.25) is 0 Å². The van der Waals surface area contributed by atoms with Gasteiger partial charge < -0.3 is 24.4 Å². The Hall–Kier alpha value is -1.64. The van der Waals surface area contributed by atoms with Crippen molar-refractivity contribution >= 4 is 24.2 Å². The number of carbonyl (C=O) groups is 2. The summed E-state index contributed by atoms with van der Waals surface area (Å²) in [5.41, 5.74) is 0. The maximum absolute atomic E-state index is 13.0. The number of aryl methyl sites for hydroxylation is 1. The normalized spacial score (nSPS) is 23.7. The van der Waals surface area contributed by atoms with Crippen LogP contribution in [-0.2, 0) is 21.4 Å². The molecule has 140 valence electrons. The third kappa shape index (κ3) is 4.13. The molecule has 2 fully saturated rings. The highest BCUT2D eigenvalue weighted by atomic mass is 35.5. The van der Waals surface area contributed by atoms with Crippen LogP contribution in [0.25, 0.3) is 0 Å². The number of carbonyl (C=O) groups excluding carboxylic acids is 2. The first kappa shape index (κ1) is 19.7. The number of likely N-dealkylation sites (tertiary alicyclic amines) is 1. The predicted molar refractivity (Wildman–Crippen MR) is 94.3 cm³/mol. The highest BCUT2D eigenvalue weighted by molar-refractivity contribution is 5.89. The lowest BCUT2D eigenvalue weighted by Gasteiger charge is -2.37. The van der Waals surface area contributed by atoms with Gasteiger partial charge in [0.25, 0.3) is 0 Å². The Kier molecular flexibility index (Phi) is 6.80. The number of aromatic nitrogens is 2. The van der Waals surface area contributed by atoms with Gasteiger partial charge in [0, 0.05) is 65.7 Å². The Balaban J connectivity index is 0.00000225. The smallest absolute Gasteiger partial charge is 0.228 e. The molecule has 0 radical (unpaired) electrons. The van der Waals surface area contributed by atoms with Gasteiger partial charge in [0.2, 0.25) is 11.8 Å². The molecule has 9 heteroatoms. The number of hydrogen-bond donors (Lipinski definition) is 1. The van der Waals surface area contributed by atoms with Crippen molar-refractivity contribution in [3.05, 3.63) is 18.2 Å². The van der Waals surface area contributed by atoms with E-state index in [0.29, 0.717) is 39.2 Å². The molecule has 25 heavy (non-hydrogen) atoms. The Morgan fingerprint density at radius 1 is 1.48 bits per heavy atom. The number of piperazine rings is 1. The highest BCUT2D eigenvalue weighted by Gasteiger charge is 2.39. The van der Waals surface area contributed by atoms with E-state index in [-0.39, 0.29) is 36.2 Å². The van der Waals surface area contributed by atoms with E-state index in [4.69, 9.17) is 4.74 Å². The first-order valence-corrected chi connectivity index (χ1v) is 8.37. The van der Waals surface area contributed by atoms with Gasteiger partial charge in [-0.05, 0) is 0 Å². The maximum Gasteiger partial charge on any atom is 0.228 e. The summed E-state index contributed by atoms with van der Waals surface area (Å²) in [4.78, 5) is 33.2. The predicted octanol–water partition coefficient (Wildman–Crippen LogP) is -0.190. The molecule has 1 aromatic rings. The van der Waals surface area contributed by atoms with Crippen molar-refractivity contribution in [2.24, 2.45) is 13.0 Å². The number of nitrogens with zero attached hydrogens (tertiary/aromatic N) is 4. The fraction of sp³-hybridized carbons (Fsp3) is 0.688. The summed E-state index contributed by atoms with van der Waals surface area (Å²) in [6, 6.07) is -0.0885. The van der Waals surface area contributed by atoms with E-state index in [0.717, 1.165) is 12.4 Å². The molecule has 2 unspecified atom stereocenters. The largest absolute Gasteiger partial charge is 0.383 e. The Bertz CT molecular complexity index is 608. The van der Waals surface area contributed by atoms with Crippen molar-refractivity contribution in [1.82, 2.24) is 24.7 Å².